The molecule has 0 spiro atoms. The van der Waals surface area contributed by atoms with Crippen LogP contribution in [0.15, 0.2) is 130 Å². The number of benzene rings is 6. The quantitative estimate of drug-likeness (QED) is 0.214. The van der Waals surface area contributed by atoms with E-state index in [-0.39, 0.29) is 0 Å². The SMILES string of the molecule is Brc1cccc2oc3ccc(-c4cc5c(c6ccccc46)c4ccccc4n5-c4ccccc4)cc3c12. The maximum Gasteiger partial charge on any atom is 0.136 e. The summed E-state index contributed by atoms with van der Waals surface area (Å²) < 4.78 is 9.60. The largest absolute Gasteiger partial charge is 0.456 e. The molecule has 6 aromatic carbocycles. The third kappa shape index (κ3) is 2.98. The van der Waals surface area contributed by atoms with Crippen LogP contribution in [0.2, 0.25) is 0 Å². The fourth-order valence-electron chi connectivity index (χ4n) is 5.88. The van der Waals surface area contributed by atoms with E-state index in [0.717, 1.165) is 32.1 Å². The van der Waals surface area contributed by atoms with Crippen molar-refractivity contribution in [2.24, 2.45) is 0 Å². The van der Waals surface area contributed by atoms with Crippen molar-refractivity contribution >= 4 is 70.4 Å². The molecule has 0 aliphatic rings. The highest BCUT2D eigenvalue weighted by Crippen LogP contribution is 2.43. The maximum absolute atomic E-state index is 6.16. The van der Waals surface area contributed by atoms with Gasteiger partial charge in [0.2, 0.25) is 0 Å². The summed E-state index contributed by atoms with van der Waals surface area (Å²) in [4.78, 5) is 0. The number of nitrogens with zero attached hydrogens (tertiary/aromatic N) is 1. The Kier molecular flexibility index (Phi) is 4.40. The monoisotopic (exact) mass is 537 g/mol. The first-order chi connectivity index (χ1) is 18.3. The second-order valence-electron chi connectivity index (χ2n) is 9.48. The molecule has 8 rings (SSSR count). The van der Waals surface area contributed by atoms with Gasteiger partial charge >= 0.3 is 0 Å². The summed E-state index contributed by atoms with van der Waals surface area (Å²) in [5.41, 5.74) is 7.77. The molecule has 3 heteroatoms. The number of halogens is 1. The number of hydrogen-bond donors (Lipinski definition) is 0. The van der Waals surface area contributed by atoms with E-state index < -0.39 is 0 Å². The smallest absolute Gasteiger partial charge is 0.136 e. The highest BCUT2D eigenvalue weighted by Gasteiger charge is 2.18. The minimum atomic E-state index is 0.894. The lowest BCUT2D eigenvalue weighted by atomic mass is 9.94. The third-order valence-electron chi connectivity index (χ3n) is 7.45. The first-order valence-electron chi connectivity index (χ1n) is 12.4. The molecule has 37 heavy (non-hydrogen) atoms. The number of para-hydroxylation sites is 2. The van der Waals surface area contributed by atoms with Gasteiger partial charge in [-0.15, -0.1) is 0 Å². The molecule has 2 nitrogen and oxygen atoms in total. The van der Waals surface area contributed by atoms with E-state index in [1.807, 2.05) is 12.1 Å². The van der Waals surface area contributed by atoms with E-state index in [2.05, 4.69) is 130 Å². The van der Waals surface area contributed by atoms with Gasteiger partial charge in [0.1, 0.15) is 11.2 Å². The van der Waals surface area contributed by atoms with Gasteiger partial charge < -0.3 is 8.98 Å². The Balaban J connectivity index is 1.53. The van der Waals surface area contributed by atoms with Crippen molar-refractivity contribution in [3.05, 3.63) is 126 Å². The van der Waals surface area contributed by atoms with Gasteiger partial charge in [0.15, 0.2) is 0 Å². The minimum absolute atomic E-state index is 0.894. The van der Waals surface area contributed by atoms with Crippen molar-refractivity contribution in [1.82, 2.24) is 4.57 Å². The van der Waals surface area contributed by atoms with Crippen molar-refractivity contribution in [1.29, 1.82) is 0 Å². The van der Waals surface area contributed by atoms with Crippen LogP contribution in [0.5, 0.6) is 0 Å². The third-order valence-corrected chi connectivity index (χ3v) is 8.11. The molecular weight excluding hydrogens is 518 g/mol. The summed E-state index contributed by atoms with van der Waals surface area (Å²) >= 11 is 3.74. The normalized spacial score (nSPS) is 11.9. The Morgan fingerprint density at radius 3 is 2.14 bits per heavy atom. The van der Waals surface area contributed by atoms with E-state index in [1.54, 1.807) is 0 Å². The molecule has 2 aromatic heterocycles. The fourth-order valence-corrected chi connectivity index (χ4v) is 6.44. The molecule has 0 saturated carbocycles. The van der Waals surface area contributed by atoms with E-state index >= 15 is 0 Å². The first-order valence-corrected chi connectivity index (χ1v) is 13.2. The maximum atomic E-state index is 6.16. The number of rotatable bonds is 2. The second kappa shape index (κ2) is 7.83. The number of furan rings is 1. The van der Waals surface area contributed by atoms with Crippen molar-refractivity contribution in [2.75, 3.05) is 0 Å². The zero-order chi connectivity index (χ0) is 24.5. The lowest BCUT2D eigenvalue weighted by molar-refractivity contribution is 0.669. The Labute approximate surface area is 221 Å². The van der Waals surface area contributed by atoms with Gasteiger partial charge in [0.05, 0.1) is 11.0 Å². The van der Waals surface area contributed by atoms with Gasteiger partial charge in [0.25, 0.3) is 0 Å². The zero-order valence-electron chi connectivity index (χ0n) is 19.8. The summed E-state index contributed by atoms with van der Waals surface area (Å²) in [5.74, 6) is 0. The summed E-state index contributed by atoms with van der Waals surface area (Å²) in [5, 5.41) is 7.30. The van der Waals surface area contributed by atoms with Gasteiger partial charge in [-0.2, -0.15) is 0 Å². The molecule has 0 amide bonds. The van der Waals surface area contributed by atoms with Crippen molar-refractivity contribution < 1.29 is 4.42 Å². The molecule has 2 heterocycles. The molecule has 0 aliphatic heterocycles. The van der Waals surface area contributed by atoms with Crippen LogP contribution in [0.4, 0.5) is 0 Å². The van der Waals surface area contributed by atoms with Gasteiger partial charge in [0, 0.05) is 31.7 Å². The predicted molar refractivity (Wildman–Crippen MR) is 159 cm³/mol. The molecule has 0 unspecified atom stereocenters. The van der Waals surface area contributed by atoms with E-state index in [0.29, 0.717) is 0 Å². The van der Waals surface area contributed by atoms with Gasteiger partial charge in [-0.1, -0.05) is 88.7 Å². The van der Waals surface area contributed by atoms with Crippen molar-refractivity contribution in [3.8, 4) is 16.8 Å². The number of fused-ring (bicyclic) bond motifs is 8. The van der Waals surface area contributed by atoms with Crippen LogP contribution in [0.1, 0.15) is 0 Å². The van der Waals surface area contributed by atoms with Crippen LogP contribution in [0, 0.1) is 0 Å². The molecule has 0 N–H and O–H groups in total. The summed E-state index contributed by atoms with van der Waals surface area (Å²) in [7, 11) is 0. The summed E-state index contributed by atoms with van der Waals surface area (Å²) in [6, 6.07) is 43.2. The van der Waals surface area contributed by atoms with Crippen LogP contribution in [0.3, 0.4) is 0 Å². The zero-order valence-corrected chi connectivity index (χ0v) is 21.4. The number of hydrogen-bond acceptors (Lipinski definition) is 1. The lowest BCUT2D eigenvalue weighted by Crippen LogP contribution is -1.93. The highest BCUT2D eigenvalue weighted by atomic mass is 79.9. The van der Waals surface area contributed by atoms with Gasteiger partial charge in [-0.05, 0) is 70.4 Å². The molecule has 0 aliphatic carbocycles. The molecule has 0 bridgehead atoms. The second-order valence-corrected chi connectivity index (χ2v) is 10.3. The topological polar surface area (TPSA) is 18.1 Å². The van der Waals surface area contributed by atoms with Crippen molar-refractivity contribution in [3.63, 3.8) is 0 Å². The predicted octanol–water partition coefficient (Wildman–Crippen LogP) is 10.3. The Morgan fingerprint density at radius 1 is 0.514 bits per heavy atom. The number of aromatic nitrogens is 1. The van der Waals surface area contributed by atoms with Crippen LogP contribution in [0.25, 0.3) is 71.3 Å². The Morgan fingerprint density at radius 2 is 1.27 bits per heavy atom. The average molecular weight is 538 g/mol. The van der Waals surface area contributed by atoms with E-state index in [9.17, 15) is 0 Å². The molecule has 0 atom stereocenters. The molecule has 0 saturated heterocycles. The lowest BCUT2D eigenvalue weighted by Gasteiger charge is -2.12. The molecule has 174 valence electrons. The Bertz CT molecular complexity index is 2150. The summed E-state index contributed by atoms with van der Waals surface area (Å²) in [6.45, 7) is 0. The van der Waals surface area contributed by atoms with E-state index in [1.165, 1.54) is 43.7 Å². The van der Waals surface area contributed by atoms with E-state index in [4.69, 9.17) is 4.42 Å². The van der Waals surface area contributed by atoms with Crippen LogP contribution in [-0.4, -0.2) is 4.57 Å². The summed E-state index contributed by atoms with van der Waals surface area (Å²) in [6.07, 6.45) is 0. The molecule has 0 fully saturated rings. The fraction of sp³-hybridized carbons (Fsp3) is 0. The van der Waals surface area contributed by atoms with Crippen LogP contribution < -0.4 is 0 Å². The average Bonchev–Trinajstić information content (AvgIpc) is 3.49. The van der Waals surface area contributed by atoms with Gasteiger partial charge in [-0.3, -0.25) is 0 Å². The minimum Gasteiger partial charge on any atom is -0.456 e. The molecular formula is C34H20BrNO. The van der Waals surface area contributed by atoms with Crippen LogP contribution in [-0.2, 0) is 0 Å². The molecule has 8 aromatic rings. The van der Waals surface area contributed by atoms with Crippen molar-refractivity contribution in [2.45, 2.75) is 0 Å². The highest BCUT2D eigenvalue weighted by molar-refractivity contribution is 9.10. The van der Waals surface area contributed by atoms with Gasteiger partial charge in [-0.25, -0.2) is 0 Å². The Hall–Kier alpha value is -4.34. The standard InChI is InChI=1S/C34H20BrNO/c35-28-14-8-16-32-34(28)27-19-21(17-18-31(27)37-32)26-20-30-33(24-12-5-4-11-23(24)26)25-13-6-7-15-29(25)36(30)22-9-2-1-3-10-22/h1-20H. The first kappa shape index (κ1) is 20.8. The van der Waals surface area contributed by atoms with Crippen LogP contribution >= 0.6 is 15.9 Å². The molecule has 0 radical (unpaired) electrons.